The van der Waals surface area contributed by atoms with E-state index < -0.39 is 0 Å². The summed E-state index contributed by atoms with van der Waals surface area (Å²) in [5.41, 5.74) is 3.95. The zero-order chi connectivity index (χ0) is 13.1. The van der Waals surface area contributed by atoms with Crippen molar-refractivity contribution in [1.29, 1.82) is 0 Å². The van der Waals surface area contributed by atoms with Crippen LogP contribution in [0, 0.1) is 0 Å². The summed E-state index contributed by atoms with van der Waals surface area (Å²) in [5.74, 6) is 0. The number of para-hydroxylation sites is 1. The molecule has 0 saturated heterocycles. The number of nitrogens with one attached hydrogen (secondary N) is 1. The number of likely N-dealkylation sites (N-methyl/N-ethyl adjacent to an activating group) is 1. The van der Waals surface area contributed by atoms with Crippen molar-refractivity contribution in [2.45, 2.75) is 26.8 Å². The molecule has 2 nitrogen and oxygen atoms in total. The van der Waals surface area contributed by atoms with Crippen LogP contribution >= 0.6 is 0 Å². The Balaban J connectivity index is 2.40. The molecule has 1 atom stereocenters. The van der Waals surface area contributed by atoms with Crippen molar-refractivity contribution in [3.8, 4) is 0 Å². The molecule has 0 bridgehead atoms. The molecule has 1 N–H and O–H groups in total. The molecule has 96 valence electrons. The summed E-state index contributed by atoms with van der Waals surface area (Å²) in [7, 11) is 2.10. The Bertz CT molecular complexity index is 563. The molecule has 0 aliphatic rings. The van der Waals surface area contributed by atoms with Gasteiger partial charge in [0.25, 0.3) is 0 Å². The standard InChI is InChI=1S/C16H22N2/c1-5-17-13(3)12(2)10-14-11-18(4)16-9-7-6-8-15(14)16/h6-11,13,17H,5H2,1-4H3/b12-10+. The molecule has 0 amide bonds. The SMILES string of the molecule is CCNC(C)/C(C)=C/c1cn(C)c2ccccc12. The molecular formula is C16H22N2. The second-order valence-corrected chi connectivity index (χ2v) is 4.88. The molecule has 0 fully saturated rings. The predicted molar refractivity (Wildman–Crippen MR) is 79.7 cm³/mol. The molecule has 2 rings (SSSR count). The van der Waals surface area contributed by atoms with Crippen LogP contribution < -0.4 is 5.32 Å². The zero-order valence-corrected chi connectivity index (χ0v) is 11.7. The molecule has 0 aliphatic heterocycles. The number of aromatic nitrogens is 1. The van der Waals surface area contributed by atoms with Gasteiger partial charge in [-0.3, -0.25) is 0 Å². The van der Waals surface area contributed by atoms with E-state index >= 15 is 0 Å². The van der Waals surface area contributed by atoms with E-state index in [1.54, 1.807) is 0 Å². The number of fused-ring (bicyclic) bond motifs is 1. The summed E-state index contributed by atoms with van der Waals surface area (Å²) in [4.78, 5) is 0. The lowest BCUT2D eigenvalue weighted by Gasteiger charge is -2.12. The molecule has 2 heteroatoms. The fourth-order valence-electron chi connectivity index (χ4n) is 2.33. The first-order valence-corrected chi connectivity index (χ1v) is 6.59. The van der Waals surface area contributed by atoms with E-state index in [0.29, 0.717) is 6.04 Å². The van der Waals surface area contributed by atoms with Crippen LogP contribution in [-0.2, 0) is 7.05 Å². The van der Waals surface area contributed by atoms with Gasteiger partial charge in [-0.1, -0.05) is 36.8 Å². The average Bonchev–Trinajstić information content (AvgIpc) is 2.67. The molecule has 0 spiro atoms. The van der Waals surface area contributed by atoms with Gasteiger partial charge in [-0.25, -0.2) is 0 Å². The molecule has 1 aromatic carbocycles. The van der Waals surface area contributed by atoms with Crippen LogP contribution in [0.4, 0.5) is 0 Å². The average molecular weight is 242 g/mol. The van der Waals surface area contributed by atoms with Crippen molar-refractivity contribution in [3.63, 3.8) is 0 Å². The Hall–Kier alpha value is -1.54. The molecule has 0 radical (unpaired) electrons. The van der Waals surface area contributed by atoms with Gasteiger partial charge in [-0.15, -0.1) is 0 Å². The predicted octanol–water partition coefficient (Wildman–Crippen LogP) is 3.58. The molecule has 18 heavy (non-hydrogen) atoms. The van der Waals surface area contributed by atoms with Crippen LogP contribution in [0.3, 0.4) is 0 Å². The normalized spacial score (nSPS) is 14.1. The third-order valence-electron chi connectivity index (χ3n) is 3.50. The van der Waals surface area contributed by atoms with Crippen molar-refractivity contribution in [2.75, 3.05) is 6.54 Å². The van der Waals surface area contributed by atoms with Gasteiger partial charge >= 0.3 is 0 Å². The minimum absolute atomic E-state index is 0.425. The lowest BCUT2D eigenvalue weighted by atomic mass is 10.1. The largest absolute Gasteiger partial charge is 0.350 e. The number of aryl methyl sites for hydroxylation is 1. The van der Waals surface area contributed by atoms with E-state index in [9.17, 15) is 0 Å². The molecule has 1 heterocycles. The lowest BCUT2D eigenvalue weighted by molar-refractivity contribution is 0.636. The summed E-state index contributed by atoms with van der Waals surface area (Å²) in [6, 6.07) is 8.96. The summed E-state index contributed by atoms with van der Waals surface area (Å²) >= 11 is 0. The van der Waals surface area contributed by atoms with E-state index in [1.807, 2.05) is 0 Å². The first-order chi connectivity index (χ1) is 8.63. The van der Waals surface area contributed by atoms with Gasteiger partial charge in [0, 0.05) is 30.2 Å². The quantitative estimate of drug-likeness (QED) is 0.867. The van der Waals surface area contributed by atoms with Crippen LogP contribution in [0.5, 0.6) is 0 Å². The zero-order valence-electron chi connectivity index (χ0n) is 11.7. The smallest absolute Gasteiger partial charge is 0.0483 e. The van der Waals surface area contributed by atoms with Crippen LogP contribution in [-0.4, -0.2) is 17.2 Å². The molecule has 0 aliphatic carbocycles. The number of benzene rings is 1. The minimum atomic E-state index is 0.425. The number of hydrogen-bond donors (Lipinski definition) is 1. The highest BCUT2D eigenvalue weighted by Crippen LogP contribution is 2.23. The van der Waals surface area contributed by atoms with E-state index in [2.05, 4.69) is 74.2 Å². The van der Waals surface area contributed by atoms with Gasteiger partial charge in [-0.05, 0) is 32.0 Å². The molecule has 1 aromatic heterocycles. The van der Waals surface area contributed by atoms with Crippen molar-refractivity contribution in [2.24, 2.45) is 7.05 Å². The first kappa shape index (κ1) is 12.9. The Morgan fingerprint density at radius 1 is 1.39 bits per heavy atom. The highest BCUT2D eigenvalue weighted by molar-refractivity contribution is 5.89. The topological polar surface area (TPSA) is 17.0 Å². The van der Waals surface area contributed by atoms with Crippen molar-refractivity contribution in [1.82, 2.24) is 9.88 Å². The van der Waals surface area contributed by atoms with Crippen LogP contribution in [0.1, 0.15) is 26.3 Å². The monoisotopic (exact) mass is 242 g/mol. The first-order valence-electron chi connectivity index (χ1n) is 6.59. The molecule has 0 saturated carbocycles. The Labute approximate surface area is 109 Å². The maximum absolute atomic E-state index is 3.45. The number of nitrogens with zero attached hydrogens (tertiary/aromatic N) is 1. The van der Waals surface area contributed by atoms with Gasteiger partial charge in [0.1, 0.15) is 0 Å². The molecular weight excluding hydrogens is 220 g/mol. The third kappa shape index (κ3) is 2.49. The Morgan fingerprint density at radius 3 is 2.83 bits per heavy atom. The number of hydrogen-bond acceptors (Lipinski definition) is 1. The fraction of sp³-hybridized carbons (Fsp3) is 0.375. The highest BCUT2D eigenvalue weighted by Gasteiger charge is 2.06. The summed E-state index contributed by atoms with van der Waals surface area (Å²) < 4.78 is 2.19. The Kier molecular flexibility index (Phi) is 3.87. The Morgan fingerprint density at radius 2 is 2.11 bits per heavy atom. The van der Waals surface area contributed by atoms with E-state index in [-0.39, 0.29) is 0 Å². The van der Waals surface area contributed by atoms with Gasteiger partial charge in [0.05, 0.1) is 0 Å². The van der Waals surface area contributed by atoms with E-state index in [1.165, 1.54) is 22.0 Å². The second kappa shape index (κ2) is 5.40. The van der Waals surface area contributed by atoms with Gasteiger partial charge in [0.2, 0.25) is 0 Å². The van der Waals surface area contributed by atoms with E-state index in [0.717, 1.165) is 6.54 Å². The van der Waals surface area contributed by atoms with Gasteiger partial charge in [0.15, 0.2) is 0 Å². The summed E-state index contributed by atoms with van der Waals surface area (Å²) in [5, 5.41) is 4.77. The minimum Gasteiger partial charge on any atom is -0.350 e. The highest BCUT2D eigenvalue weighted by atomic mass is 14.9. The van der Waals surface area contributed by atoms with Gasteiger partial charge in [-0.2, -0.15) is 0 Å². The summed E-state index contributed by atoms with van der Waals surface area (Å²) in [6.07, 6.45) is 4.49. The summed E-state index contributed by atoms with van der Waals surface area (Å²) in [6.45, 7) is 7.54. The maximum atomic E-state index is 3.45. The second-order valence-electron chi connectivity index (χ2n) is 4.88. The fourth-order valence-corrected chi connectivity index (χ4v) is 2.33. The maximum Gasteiger partial charge on any atom is 0.0483 e. The third-order valence-corrected chi connectivity index (χ3v) is 3.50. The van der Waals surface area contributed by atoms with Gasteiger partial charge < -0.3 is 9.88 Å². The number of rotatable bonds is 4. The van der Waals surface area contributed by atoms with Crippen molar-refractivity contribution >= 4 is 17.0 Å². The van der Waals surface area contributed by atoms with Crippen molar-refractivity contribution in [3.05, 3.63) is 41.6 Å². The van der Waals surface area contributed by atoms with Crippen molar-refractivity contribution < 1.29 is 0 Å². The van der Waals surface area contributed by atoms with E-state index in [4.69, 9.17) is 0 Å². The van der Waals surface area contributed by atoms with Crippen LogP contribution in [0.25, 0.3) is 17.0 Å². The van der Waals surface area contributed by atoms with Crippen LogP contribution in [0.2, 0.25) is 0 Å². The van der Waals surface area contributed by atoms with Crippen LogP contribution in [0.15, 0.2) is 36.0 Å². The molecule has 1 unspecified atom stereocenters. The molecule has 2 aromatic rings. The lowest BCUT2D eigenvalue weighted by Crippen LogP contribution is -2.26.